The van der Waals surface area contributed by atoms with Crippen molar-refractivity contribution < 1.29 is 19.1 Å². The first-order chi connectivity index (χ1) is 16.4. The van der Waals surface area contributed by atoms with Gasteiger partial charge in [0.1, 0.15) is 11.5 Å². The van der Waals surface area contributed by atoms with Crippen molar-refractivity contribution in [3.63, 3.8) is 0 Å². The van der Waals surface area contributed by atoms with E-state index in [-0.39, 0.29) is 18.2 Å². The van der Waals surface area contributed by atoms with Crippen LogP contribution >= 0.6 is 0 Å². The van der Waals surface area contributed by atoms with Crippen LogP contribution in [0.1, 0.15) is 35.6 Å². The number of anilines is 2. The fourth-order valence-electron chi connectivity index (χ4n) is 4.58. The summed E-state index contributed by atoms with van der Waals surface area (Å²) in [5.74, 6) is 0.736. The molecule has 0 aromatic heterocycles. The summed E-state index contributed by atoms with van der Waals surface area (Å²) in [4.78, 5) is 28.7. The molecule has 1 heterocycles. The molecule has 3 aromatic rings. The number of ether oxygens (including phenoxy) is 2. The average Bonchev–Trinajstić information content (AvgIpc) is 2.86. The van der Waals surface area contributed by atoms with Gasteiger partial charge >= 0.3 is 0 Å². The number of aryl methyl sites for hydroxylation is 2. The summed E-state index contributed by atoms with van der Waals surface area (Å²) in [5.41, 5.74) is 4.37. The Kier molecular flexibility index (Phi) is 6.87. The molecule has 2 unspecified atom stereocenters. The van der Waals surface area contributed by atoms with E-state index in [1.54, 1.807) is 19.1 Å². The largest absolute Gasteiger partial charge is 0.497 e. The topological polar surface area (TPSA) is 67.9 Å². The average molecular weight is 459 g/mol. The van der Waals surface area contributed by atoms with Gasteiger partial charge in [0.25, 0.3) is 0 Å². The quantitative estimate of drug-likeness (QED) is 0.534. The minimum Gasteiger partial charge on any atom is -0.497 e. The molecule has 6 heteroatoms. The number of hydrogen-bond acceptors (Lipinski definition) is 4. The van der Waals surface area contributed by atoms with Gasteiger partial charge in [0.05, 0.1) is 26.2 Å². The van der Waals surface area contributed by atoms with Crippen molar-refractivity contribution in [3.8, 4) is 11.5 Å². The second-order valence-corrected chi connectivity index (χ2v) is 8.60. The number of carbonyl (C=O) groups is 2. The second-order valence-electron chi connectivity index (χ2n) is 8.60. The summed E-state index contributed by atoms with van der Waals surface area (Å²) in [6.07, 6.45) is 0.730. The van der Waals surface area contributed by atoms with Crippen LogP contribution in [0.4, 0.5) is 11.4 Å². The van der Waals surface area contributed by atoms with E-state index in [1.165, 1.54) is 0 Å². The predicted octanol–water partition coefficient (Wildman–Crippen LogP) is 5.44. The van der Waals surface area contributed by atoms with Gasteiger partial charge in [0, 0.05) is 23.4 Å². The van der Waals surface area contributed by atoms with Gasteiger partial charge in [-0.1, -0.05) is 30.3 Å². The Morgan fingerprint density at radius 1 is 0.971 bits per heavy atom. The van der Waals surface area contributed by atoms with Crippen LogP contribution in [0.2, 0.25) is 0 Å². The third kappa shape index (κ3) is 4.62. The van der Waals surface area contributed by atoms with Crippen LogP contribution in [-0.4, -0.2) is 26.0 Å². The minimum atomic E-state index is -0.518. The smallest absolute Gasteiger partial charge is 0.229 e. The van der Waals surface area contributed by atoms with Gasteiger partial charge in [-0.3, -0.25) is 9.59 Å². The Morgan fingerprint density at radius 3 is 2.41 bits per heavy atom. The summed E-state index contributed by atoms with van der Waals surface area (Å²) in [7, 11) is 3.21. The monoisotopic (exact) mass is 458 g/mol. The molecule has 6 nitrogen and oxygen atoms in total. The van der Waals surface area contributed by atoms with Crippen molar-refractivity contribution in [1.82, 2.24) is 0 Å². The zero-order chi connectivity index (χ0) is 24.2. The Labute approximate surface area is 200 Å². The summed E-state index contributed by atoms with van der Waals surface area (Å²) < 4.78 is 10.9. The molecule has 0 radical (unpaired) electrons. The number of benzene rings is 3. The lowest BCUT2D eigenvalue weighted by Crippen LogP contribution is -2.47. The van der Waals surface area contributed by atoms with Gasteiger partial charge < -0.3 is 19.7 Å². The van der Waals surface area contributed by atoms with E-state index in [2.05, 4.69) is 5.32 Å². The number of rotatable bonds is 6. The molecule has 1 aliphatic heterocycles. The molecule has 1 N–H and O–H groups in total. The first-order valence-electron chi connectivity index (χ1n) is 11.4. The maximum absolute atomic E-state index is 13.7. The normalized spacial score (nSPS) is 17.9. The Hall–Kier alpha value is -3.80. The van der Waals surface area contributed by atoms with Crippen LogP contribution in [0.5, 0.6) is 11.5 Å². The molecule has 0 bridgehead atoms. The van der Waals surface area contributed by atoms with Crippen LogP contribution in [-0.2, 0) is 9.59 Å². The number of piperidine rings is 1. The van der Waals surface area contributed by atoms with Gasteiger partial charge in [-0.15, -0.1) is 0 Å². The molecule has 0 aliphatic carbocycles. The maximum atomic E-state index is 13.7. The molecule has 34 heavy (non-hydrogen) atoms. The standard InChI is InChI=1S/C28H30N2O4/c1-18-9-10-19(2)24(17-18)29-28(32)23-15-16-26(31)30(20-11-13-21(33-3)14-12-20)27(23)22-7-5-6-8-25(22)34-4/h5-14,17,23,27H,15-16H2,1-4H3,(H,29,32). The number of carbonyl (C=O) groups excluding carboxylic acids is 2. The highest BCUT2D eigenvalue weighted by atomic mass is 16.5. The summed E-state index contributed by atoms with van der Waals surface area (Å²) in [6.45, 7) is 3.97. The zero-order valence-electron chi connectivity index (χ0n) is 20.0. The molecule has 0 saturated carbocycles. The lowest BCUT2D eigenvalue weighted by atomic mass is 9.82. The second kappa shape index (κ2) is 10.00. The lowest BCUT2D eigenvalue weighted by molar-refractivity contribution is -0.126. The van der Waals surface area contributed by atoms with E-state index in [1.807, 2.05) is 80.6 Å². The summed E-state index contributed by atoms with van der Waals surface area (Å²) in [6, 6.07) is 20.4. The molecule has 176 valence electrons. The molecular weight excluding hydrogens is 428 g/mol. The van der Waals surface area contributed by atoms with Crippen molar-refractivity contribution in [2.75, 3.05) is 24.4 Å². The number of nitrogens with one attached hydrogen (secondary N) is 1. The van der Waals surface area contributed by atoms with Crippen LogP contribution in [0, 0.1) is 19.8 Å². The van der Waals surface area contributed by atoms with Crippen LogP contribution in [0.25, 0.3) is 0 Å². The van der Waals surface area contributed by atoms with Crippen molar-refractivity contribution >= 4 is 23.2 Å². The highest BCUT2D eigenvalue weighted by Gasteiger charge is 2.42. The summed E-state index contributed by atoms with van der Waals surface area (Å²) in [5, 5.41) is 3.13. The molecule has 0 spiro atoms. The van der Waals surface area contributed by atoms with Crippen molar-refractivity contribution in [2.45, 2.75) is 32.7 Å². The van der Waals surface area contributed by atoms with Gasteiger partial charge in [-0.25, -0.2) is 0 Å². The molecule has 2 atom stereocenters. The first-order valence-corrected chi connectivity index (χ1v) is 11.4. The Bertz CT molecular complexity index is 1190. The fraction of sp³-hybridized carbons (Fsp3) is 0.286. The minimum absolute atomic E-state index is 0.0307. The van der Waals surface area contributed by atoms with Gasteiger partial charge in [0.2, 0.25) is 11.8 Å². The Morgan fingerprint density at radius 2 is 1.71 bits per heavy atom. The number of nitrogens with zero attached hydrogens (tertiary/aromatic N) is 1. The highest BCUT2D eigenvalue weighted by molar-refractivity contribution is 6.00. The molecule has 3 aromatic carbocycles. The van der Waals surface area contributed by atoms with E-state index in [9.17, 15) is 9.59 Å². The third-order valence-corrected chi connectivity index (χ3v) is 6.39. The van der Waals surface area contributed by atoms with E-state index in [0.717, 1.165) is 22.4 Å². The maximum Gasteiger partial charge on any atom is 0.229 e. The van der Waals surface area contributed by atoms with Crippen LogP contribution in [0.3, 0.4) is 0 Å². The number of hydrogen-bond donors (Lipinski definition) is 1. The summed E-state index contributed by atoms with van der Waals surface area (Å²) >= 11 is 0. The van der Waals surface area contributed by atoms with E-state index >= 15 is 0 Å². The predicted molar refractivity (Wildman–Crippen MR) is 133 cm³/mol. The highest BCUT2D eigenvalue weighted by Crippen LogP contribution is 2.43. The van der Waals surface area contributed by atoms with Crippen molar-refractivity contribution in [1.29, 1.82) is 0 Å². The number of amides is 2. The SMILES string of the molecule is COc1ccc(N2C(=O)CCC(C(=O)Nc3cc(C)ccc3C)C2c2ccccc2OC)cc1. The first kappa shape index (κ1) is 23.4. The van der Waals surface area contributed by atoms with Crippen LogP contribution in [0.15, 0.2) is 66.7 Å². The van der Waals surface area contributed by atoms with E-state index in [0.29, 0.717) is 23.6 Å². The molecule has 1 saturated heterocycles. The molecule has 4 rings (SSSR count). The molecule has 2 amide bonds. The molecular formula is C28H30N2O4. The fourth-order valence-corrected chi connectivity index (χ4v) is 4.58. The zero-order valence-corrected chi connectivity index (χ0v) is 20.0. The van der Waals surface area contributed by atoms with E-state index < -0.39 is 12.0 Å². The van der Waals surface area contributed by atoms with Gasteiger partial charge in [-0.05, 0) is 67.8 Å². The number of methoxy groups -OCH3 is 2. The third-order valence-electron chi connectivity index (χ3n) is 6.39. The van der Waals surface area contributed by atoms with Crippen molar-refractivity contribution in [3.05, 3.63) is 83.4 Å². The van der Waals surface area contributed by atoms with Crippen LogP contribution < -0.4 is 19.7 Å². The number of para-hydroxylation sites is 1. The Balaban J connectivity index is 1.78. The van der Waals surface area contributed by atoms with Gasteiger partial charge in [0.15, 0.2) is 0 Å². The lowest BCUT2D eigenvalue weighted by Gasteiger charge is -2.41. The molecule has 1 fully saturated rings. The van der Waals surface area contributed by atoms with E-state index in [4.69, 9.17) is 9.47 Å². The van der Waals surface area contributed by atoms with Crippen molar-refractivity contribution in [2.24, 2.45) is 5.92 Å². The molecule has 1 aliphatic rings. The van der Waals surface area contributed by atoms with Gasteiger partial charge in [-0.2, -0.15) is 0 Å².